The summed E-state index contributed by atoms with van der Waals surface area (Å²) < 4.78 is 13.5. The van der Waals surface area contributed by atoms with Crippen LogP contribution in [0.2, 0.25) is 0 Å². The van der Waals surface area contributed by atoms with E-state index in [1.54, 1.807) is 18.3 Å². The number of rotatable bonds is 5. The third-order valence-electron chi connectivity index (χ3n) is 5.66. The van der Waals surface area contributed by atoms with E-state index in [1.807, 2.05) is 30.3 Å². The molecule has 5 heteroatoms. The number of aromatic amines is 1. The van der Waals surface area contributed by atoms with Gasteiger partial charge in [0.15, 0.2) is 5.78 Å². The standard InChI is InChI=1S/C26H22FN3O/c27-19-8-4-9-20(16-19)29-24-15-18(12-13-28-24)26-21(14-17-6-2-1-3-7-17)25-22(30-26)10-5-11-23(25)31/h1-4,6-9,12-13,15-16,30H,5,10-11,14H2,(H,28,29). The fourth-order valence-electron chi connectivity index (χ4n) is 4.26. The summed E-state index contributed by atoms with van der Waals surface area (Å²) in [6.45, 7) is 0. The monoisotopic (exact) mass is 411 g/mol. The molecule has 0 atom stereocenters. The van der Waals surface area contributed by atoms with Crippen LogP contribution in [0.4, 0.5) is 15.9 Å². The van der Waals surface area contributed by atoms with Crippen LogP contribution in [0.1, 0.15) is 40.0 Å². The molecule has 2 aromatic carbocycles. The van der Waals surface area contributed by atoms with E-state index in [4.69, 9.17) is 0 Å². The SMILES string of the molecule is O=C1CCCc2[nH]c(-c3ccnc(Nc4cccc(F)c4)c3)c(Cc3ccccc3)c21. The maximum Gasteiger partial charge on any atom is 0.165 e. The molecule has 0 spiro atoms. The maximum absolute atomic E-state index is 13.5. The lowest BCUT2D eigenvalue weighted by Gasteiger charge is -2.12. The zero-order valence-electron chi connectivity index (χ0n) is 17.0. The number of carbonyl (C=O) groups excluding carboxylic acids is 1. The minimum atomic E-state index is -0.304. The van der Waals surface area contributed by atoms with Gasteiger partial charge in [-0.25, -0.2) is 9.37 Å². The number of fused-ring (bicyclic) bond motifs is 1. The Labute approximate surface area is 180 Å². The van der Waals surface area contributed by atoms with Crippen molar-refractivity contribution < 1.29 is 9.18 Å². The first-order valence-electron chi connectivity index (χ1n) is 10.5. The molecule has 0 saturated heterocycles. The summed E-state index contributed by atoms with van der Waals surface area (Å²) in [6.07, 6.45) is 4.75. The first-order chi connectivity index (χ1) is 15.2. The number of ketones is 1. The number of H-pyrrole nitrogens is 1. The van der Waals surface area contributed by atoms with Gasteiger partial charge in [0, 0.05) is 41.5 Å². The average molecular weight is 411 g/mol. The van der Waals surface area contributed by atoms with Crippen LogP contribution in [0.15, 0.2) is 72.9 Å². The number of halogens is 1. The van der Waals surface area contributed by atoms with Crippen LogP contribution in [-0.2, 0) is 12.8 Å². The van der Waals surface area contributed by atoms with E-state index in [-0.39, 0.29) is 11.6 Å². The number of nitrogens with one attached hydrogen (secondary N) is 2. The van der Waals surface area contributed by atoms with Crippen molar-refractivity contribution in [1.29, 1.82) is 0 Å². The van der Waals surface area contributed by atoms with Crippen LogP contribution in [0.5, 0.6) is 0 Å². The minimum absolute atomic E-state index is 0.210. The van der Waals surface area contributed by atoms with E-state index in [9.17, 15) is 9.18 Å². The van der Waals surface area contributed by atoms with E-state index in [1.165, 1.54) is 12.1 Å². The number of hydrogen-bond donors (Lipinski definition) is 2. The molecule has 0 fully saturated rings. The van der Waals surface area contributed by atoms with Crippen molar-refractivity contribution in [2.75, 3.05) is 5.32 Å². The van der Waals surface area contributed by atoms with Gasteiger partial charge in [0.2, 0.25) is 0 Å². The van der Waals surface area contributed by atoms with E-state index in [0.29, 0.717) is 24.3 Å². The second-order valence-corrected chi connectivity index (χ2v) is 7.84. The van der Waals surface area contributed by atoms with Gasteiger partial charge in [-0.15, -0.1) is 0 Å². The Kier molecular flexibility index (Phi) is 5.08. The summed E-state index contributed by atoms with van der Waals surface area (Å²) in [7, 11) is 0. The Morgan fingerprint density at radius 3 is 2.71 bits per heavy atom. The molecule has 2 N–H and O–H groups in total. The first-order valence-corrected chi connectivity index (χ1v) is 10.5. The smallest absolute Gasteiger partial charge is 0.165 e. The first kappa shape index (κ1) is 19.2. The van der Waals surface area contributed by atoms with Crippen molar-refractivity contribution in [3.63, 3.8) is 0 Å². The summed E-state index contributed by atoms with van der Waals surface area (Å²) >= 11 is 0. The number of Topliss-reactive ketones (excluding diaryl/α,β-unsaturated/α-hetero) is 1. The zero-order chi connectivity index (χ0) is 21.2. The number of carbonyl (C=O) groups is 1. The van der Waals surface area contributed by atoms with Gasteiger partial charge in [-0.3, -0.25) is 4.79 Å². The molecule has 4 nitrogen and oxygen atoms in total. The van der Waals surface area contributed by atoms with E-state index in [2.05, 4.69) is 27.4 Å². The van der Waals surface area contributed by atoms with Gasteiger partial charge in [0.25, 0.3) is 0 Å². The Morgan fingerprint density at radius 2 is 1.87 bits per heavy atom. The van der Waals surface area contributed by atoms with Crippen LogP contribution in [0, 0.1) is 5.82 Å². The topological polar surface area (TPSA) is 57.8 Å². The zero-order valence-corrected chi connectivity index (χ0v) is 17.0. The third kappa shape index (κ3) is 3.99. The van der Waals surface area contributed by atoms with E-state index >= 15 is 0 Å². The van der Waals surface area contributed by atoms with E-state index < -0.39 is 0 Å². The lowest BCUT2D eigenvalue weighted by atomic mass is 9.90. The number of pyridine rings is 1. The molecule has 4 aromatic rings. The predicted molar refractivity (Wildman–Crippen MR) is 120 cm³/mol. The van der Waals surface area contributed by atoms with Gasteiger partial charge >= 0.3 is 0 Å². The van der Waals surface area contributed by atoms with E-state index in [0.717, 1.165) is 46.5 Å². The Balaban J connectivity index is 1.56. The van der Waals surface area contributed by atoms with Gasteiger partial charge < -0.3 is 10.3 Å². The lowest BCUT2D eigenvalue weighted by Crippen LogP contribution is -2.11. The molecule has 2 aromatic heterocycles. The second-order valence-electron chi connectivity index (χ2n) is 7.84. The fraction of sp³-hybridized carbons (Fsp3) is 0.154. The third-order valence-corrected chi connectivity index (χ3v) is 5.66. The molecule has 0 unspecified atom stereocenters. The van der Waals surface area contributed by atoms with Gasteiger partial charge in [0.1, 0.15) is 11.6 Å². The quantitative estimate of drug-likeness (QED) is 0.419. The van der Waals surface area contributed by atoms with Crippen molar-refractivity contribution >= 4 is 17.3 Å². The Bertz CT molecular complexity index is 1250. The van der Waals surface area contributed by atoms with Crippen LogP contribution in [-0.4, -0.2) is 15.8 Å². The van der Waals surface area contributed by atoms with Crippen molar-refractivity contribution in [2.45, 2.75) is 25.7 Å². The second kappa shape index (κ2) is 8.19. The largest absolute Gasteiger partial charge is 0.358 e. The highest BCUT2D eigenvalue weighted by Gasteiger charge is 2.26. The molecule has 2 heterocycles. The highest BCUT2D eigenvalue weighted by atomic mass is 19.1. The molecule has 1 aliphatic rings. The number of nitrogens with zero attached hydrogens (tertiary/aromatic N) is 1. The van der Waals surface area contributed by atoms with Crippen LogP contribution in [0.3, 0.4) is 0 Å². The summed E-state index contributed by atoms with van der Waals surface area (Å²) in [6, 6.07) is 20.4. The molecule has 1 aliphatic carbocycles. The molecule has 0 bridgehead atoms. The summed E-state index contributed by atoms with van der Waals surface area (Å²) in [5.74, 6) is 0.524. The molecule has 0 saturated carbocycles. The summed E-state index contributed by atoms with van der Waals surface area (Å²) in [5, 5.41) is 3.16. The summed E-state index contributed by atoms with van der Waals surface area (Å²) in [4.78, 5) is 20.7. The van der Waals surface area contributed by atoms with Crippen molar-refractivity contribution in [3.8, 4) is 11.3 Å². The van der Waals surface area contributed by atoms with Gasteiger partial charge in [-0.05, 0) is 54.3 Å². The number of benzene rings is 2. The molecular weight excluding hydrogens is 389 g/mol. The van der Waals surface area contributed by atoms with Gasteiger partial charge in [-0.2, -0.15) is 0 Å². The Morgan fingerprint density at radius 1 is 1.00 bits per heavy atom. The van der Waals surface area contributed by atoms with Crippen LogP contribution in [0.25, 0.3) is 11.3 Å². The normalized spacial score (nSPS) is 13.1. The van der Waals surface area contributed by atoms with Gasteiger partial charge in [0.05, 0.1) is 5.69 Å². The van der Waals surface area contributed by atoms with Gasteiger partial charge in [-0.1, -0.05) is 36.4 Å². The minimum Gasteiger partial charge on any atom is -0.358 e. The molecule has 5 rings (SSSR count). The average Bonchev–Trinajstić information content (AvgIpc) is 3.14. The number of anilines is 2. The predicted octanol–water partition coefficient (Wildman–Crippen LogP) is 6.07. The molecular formula is C26H22FN3O. The molecule has 0 radical (unpaired) electrons. The number of hydrogen-bond acceptors (Lipinski definition) is 3. The Hall–Kier alpha value is -3.73. The number of aromatic nitrogens is 2. The van der Waals surface area contributed by atoms with Crippen molar-refractivity contribution in [3.05, 3.63) is 101 Å². The maximum atomic E-state index is 13.5. The van der Waals surface area contributed by atoms with Crippen molar-refractivity contribution in [2.24, 2.45) is 0 Å². The highest BCUT2D eigenvalue weighted by molar-refractivity contribution is 6.01. The van der Waals surface area contributed by atoms with Crippen molar-refractivity contribution in [1.82, 2.24) is 9.97 Å². The molecule has 0 amide bonds. The fourth-order valence-corrected chi connectivity index (χ4v) is 4.26. The lowest BCUT2D eigenvalue weighted by molar-refractivity contribution is 0.0971. The highest BCUT2D eigenvalue weighted by Crippen LogP contribution is 2.35. The molecule has 0 aliphatic heterocycles. The number of aryl methyl sites for hydroxylation is 1. The van der Waals surface area contributed by atoms with Crippen LogP contribution >= 0.6 is 0 Å². The van der Waals surface area contributed by atoms with Crippen LogP contribution < -0.4 is 5.32 Å². The molecule has 31 heavy (non-hydrogen) atoms. The summed E-state index contributed by atoms with van der Waals surface area (Å²) in [5.41, 5.74) is 6.60. The molecule has 154 valence electrons.